The molecule has 0 spiro atoms. The molecule has 0 radical (unpaired) electrons. The van der Waals surface area contributed by atoms with Crippen LogP contribution in [0.5, 0.6) is 0 Å². The monoisotopic (exact) mass is 512 g/mol. The average Bonchev–Trinajstić information content (AvgIpc) is 2.87. The lowest BCUT2D eigenvalue weighted by molar-refractivity contribution is -0.147. The van der Waals surface area contributed by atoms with Gasteiger partial charge in [-0.1, -0.05) is 48.0 Å². The maximum Gasteiger partial charge on any atom is 0.332 e. The van der Waals surface area contributed by atoms with E-state index in [-0.39, 0.29) is 6.42 Å². The standard InChI is InChI=1S/C27H33ClN4O4/c28-22-5-3-4-21(17-22)20-9-7-19(8-10-20)16-24(18-25(33)27(35)36)31-26(34)6-1-2-13-30-32-23-11-14-29-15-12-23/h3-5,7-12,14-15,17,24-26,30-31,33-34H,1-2,6,13,16,18H2,(H,29,32)(H,35,36). The number of nitrogens with zero attached hydrogens (tertiary/aromatic N) is 1. The summed E-state index contributed by atoms with van der Waals surface area (Å²) in [7, 11) is 0. The summed E-state index contributed by atoms with van der Waals surface area (Å²) in [6.45, 7) is 0.717. The molecule has 1 heterocycles. The molecule has 8 nitrogen and oxygen atoms in total. The molecule has 6 N–H and O–H groups in total. The van der Waals surface area contributed by atoms with E-state index >= 15 is 0 Å². The third kappa shape index (κ3) is 9.56. The van der Waals surface area contributed by atoms with Crippen LogP contribution in [0.3, 0.4) is 0 Å². The summed E-state index contributed by atoms with van der Waals surface area (Å²) >= 11 is 6.09. The first-order valence-electron chi connectivity index (χ1n) is 12.0. The van der Waals surface area contributed by atoms with Gasteiger partial charge in [0.1, 0.15) is 6.23 Å². The highest BCUT2D eigenvalue weighted by Gasteiger charge is 2.22. The van der Waals surface area contributed by atoms with Gasteiger partial charge in [0.2, 0.25) is 0 Å². The molecule has 3 rings (SSSR count). The van der Waals surface area contributed by atoms with Gasteiger partial charge in [-0.25, -0.2) is 10.2 Å². The van der Waals surface area contributed by atoms with Gasteiger partial charge in [0.05, 0.1) is 5.69 Å². The first-order chi connectivity index (χ1) is 17.4. The number of aliphatic hydroxyl groups excluding tert-OH is 2. The number of aliphatic carboxylic acids is 1. The number of aromatic nitrogens is 1. The average molecular weight is 513 g/mol. The smallest absolute Gasteiger partial charge is 0.332 e. The van der Waals surface area contributed by atoms with E-state index in [9.17, 15) is 15.0 Å². The summed E-state index contributed by atoms with van der Waals surface area (Å²) in [6.07, 6.45) is 3.65. The minimum atomic E-state index is -1.51. The number of aliphatic hydroxyl groups is 2. The predicted octanol–water partition coefficient (Wildman–Crippen LogP) is 3.84. The lowest BCUT2D eigenvalue weighted by Crippen LogP contribution is -2.43. The van der Waals surface area contributed by atoms with Crippen LogP contribution < -0.4 is 16.2 Å². The number of hydrogen-bond donors (Lipinski definition) is 6. The molecule has 3 unspecified atom stereocenters. The van der Waals surface area contributed by atoms with Crippen molar-refractivity contribution in [2.75, 3.05) is 12.0 Å². The van der Waals surface area contributed by atoms with Gasteiger partial charge in [0.25, 0.3) is 0 Å². The van der Waals surface area contributed by atoms with Crippen LogP contribution in [0, 0.1) is 0 Å². The number of carboxylic acids is 1. The Morgan fingerprint density at radius 1 is 0.972 bits per heavy atom. The number of carbonyl (C=O) groups is 1. The molecule has 0 aliphatic rings. The fraction of sp³-hybridized carbons (Fsp3) is 0.333. The van der Waals surface area contributed by atoms with E-state index in [1.54, 1.807) is 12.4 Å². The summed E-state index contributed by atoms with van der Waals surface area (Å²) in [4.78, 5) is 15.2. The van der Waals surface area contributed by atoms with Crippen LogP contribution in [-0.4, -0.2) is 51.2 Å². The molecule has 3 aromatic rings. The summed E-state index contributed by atoms with van der Waals surface area (Å²) < 4.78 is 0. The van der Waals surface area contributed by atoms with Crippen molar-refractivity contribution in [3.8, 4) is 11.1 Å². The number of anilines is 1. The van der Waals surface area contributed by atoms with Crippen molar-refractivity contribution in [3.05, 3.63) is 83.6 Å². The van der Waals surface area contributed by atoms with Gasteiger partial charge >= 0.3 is 5.97 Å². The lowest BCUT2D eigenvalue weighted by atomic mass is 9.97. The normalized spacial score (nSPS) is 13.6. The molecular formula is C27H33ClN4O4. The second-order valence-corrected chi connectivity index (χ2v) is 9.10. The molecule has 192 valence electrons. The molecule has 0 bridgehead atoms. The van der Waals surface area contributed by atoms with E-state index in [0.29, 0.717) is 17.9 Å². The molecule has 36 heavy (non-hydrogen) atoms. The van der Waals surface area contributed by atoms with E-state index in [4.69, 9.17) is 16.7 Å². The van der Waals surface area contributed by atoms with Gasteiger partial charge in [-0.3, -0.25) is 10.3 Å². The summed E-state index contributed by atoms with van der Waals surface area (Å²) in [5.74, 6) is -1.28. The van der Waals surface area contributed by atoms with Gasteiger partial charge < -0.3 is 20.7 Å². The van der Waals surface area contributed by atoms with Crippen LogP contribution in [0.1, 0.15) is 31.2 Å². The maximum atomic E-state index is 11.2. The van der Waals surface area contributed by atoms with Gasteiger partial charge in [-0.2, -0.15) is 0 Å². The van der Waals surface area contributed by atoms with Gasteiger partial charge in [0, 0.05) is 30.0 Å². The number of unbranched alkanes of at least 4 members (excludes halogenated alkanes) is 1. The van der Waals surface area contributed by atoms with E-state index < -0.39 is 24.3 Å². The number of nitrogens with one attached hydrogen (secondary N) is 3. The van der Waals surface area contributed by atoms with Crippen molar-refractivity contribution < 1.29 is 20.1 Å². The van der Waals surface area contributed by atoms with E-state index in [1.165, 1.54) is 0 Å². The van der Waals surface area contributed by atoms with Crippen LogP contribution >= 0.6 is 11.6 Å². The van der Waals surface area contributed by atoms with Crippen molar-refractivity contribution in [3.63, 3.8) is 0 Å². The highest BCUT2D eigenvalue weighted by atomic mass is 35.5. The van der Waals surface area contributed by atoms with Gasteiger partial charge in [0.15, 0.2) is 6.10 Å². The molecule has 0 amide bonds. The zero-order valence-electron chi connectivity index (χ0n) is 20.0. The van der Waals surface area contributed by atoms with E-state index in [1.807, 2.05) is 60.7 Å². The Morgan fingerprint density at radius 3 is 2.42 bits per heavy atom. The summed E-state index contributed by atoms with van der Waals surface area (Å²) in [6, 6.07) is 18.8. The number of hydrazine groups is 1. The van der Waals surface area contributed by atoms with Crippen molar-refractivity contribution >= 4 is 23.3 Å². The molecule has 0 saturated carbocycles. The highest BCUT2D eigenvalue weighted by Crippen LogP contribution is 2.23. The zero-order chi connectivity index (χ0) is 25.8. The molecule has 0 aliphatic heterocycles. The third-order valence-corrected chi connectivity index (χ3v) is 5.99. The molecule has 2 aromatic carbocycles. The second kappa shape index (κ2) is 14.5. The SMILES string of the molecule is O=C(O)C(O)CC(Cc1ccc(-c2cccc(Cl)c2)cc1)NC(O)CCCCNNc1ccncc1. The Balaban J connectivity index is 1.48. The van der Waals surface area contributed by atoms with Crippen molar-refractivity contribution in [1.29, 1.82) is 0 Å². The van der Waals surface area contributed by atoms with Crippen molar-refractivity contribution in [1.82, 2.24) is 15.7 Å². The topological polar surface area (TPSA) is 127 Å². The van der Waals surface area contributed by atoms with Crippen LogP contribution in [0.4, 0.5) is 5.69 Å². The number of halogens is 1. The molecule has 0 saturated heterocycles. The van der Waals surface area contributed by atoms with Crippen molar-refractivity contribution in [2.24, 2.45) is 0 Å². The van der Waals surface area contributed by atoms with Crippen LogP contribution in [0.2, 0.25) is 5.02 Å². The minimum Gasteiger partial charge on any atom is -0.479 e. The summed E-state index contributed by atoms with van der Waals surface area (Å²) in [5.41, 5.74) is 10.1. The van der Waals surface area contributed by atoms with Crippen molar-refractivity contribution in [2.45, 2.75) is 50.5 Å². The number of carboxylic acid groups (broad SMARTS) is 1. The molecule has 1 aromatic heterocycles. The molecule has 9 heteroatoms. The third-order valence-electron chi connectivity index (χ3n) is 5.76. The van der Waals surface area contributed by atoms with E-state index in [0.717, 1.165) is 41.8 Å². The number of benzene rings is 2. The summed E-state index contributed by atoms with van der Waals surface area (Å²) in [5, 5.41) is 33.3. The second-order valence-electron chi connectivity index (χ2n) is 8.66. The molecule has 0 fully saturated rings. The van der Waals surface area contributed by atoms with Crippen LogP contribution in [0.25, 0.3) is 11.1 Å². The first-order valence-corrected chi connectivity index (χ1v) is 12.4. The Labute approximate surface area is 216 Å². The van der Waals surface area contributed by atoms with Gasteiger partial charge in [-0.05, 0) is 73.1 Å². The first kappa shape index (κ1) is 27.6. The maximum absolute atomic E-state index is 11.2. The fourth-order valence-electron chi connectivity index (χ4n) is 3.87. The Hall–Kier alpha value is -3.01. The molecule has 0 aliphatic carbocycles. The van der Waals surface area contributed by atoms with Crippen LogP contribution in [-0.2, 0) is 11.2 Å². The molecule has 3 atom stereocenters. The number of hydrogen-bond acceptors (Lipinski definition) is 7. The quantitative estimate of drug-likeness (QED) is 0.103. The Morgan fingerprint density at radius 2 is 1.72 bits per heavy atom. The molecular weight excluding hydrogens is 480 g/mol. The van der Waals surface area contributed by atoms with Gasteiger partial charge in [-0.15, -0.1) is 0 Å². The highest BCUT2D eigenvalue weighted by molar-refractivity contribution is 6.30. The lowest BCUT2D eigenvalue weighted by Gasteiger charge is -2.24. The number of rotatable bonds is 15. The van der Waals surface area contributed by atoms with E-state index in [2.05, 4.69) is 21.2 Å². The number of pyridine rings is 1. The minimum absolute atomic E-state index is 0.0140. The van der Waals surface area contributed by atoms with Crippen LogP contribution in [0.15, 0.2) is 73.1 Å². The zero-order valence-corrected chi connectivity index (χ0v) is 20.7. The fourth-order valence-corrected chi connectivity index (χ4v) is 4.06. The Bertz CT molecular complexity index is 1070. The largest absolute Gasteiger partial charge is 0.479 e. The predicted molar refractivity (Wildman–Crippen MR) is 141 cm³/mol. The Kier molecular flexibility index (Phi) is 11.1.